The van der Waals surface area contributed by atoms with Crippen LogP contribution in [0.1, 0.15) is 45.6 Å². The summed E-state index contributed by atoms with van der Waals surface area (Å²) in [6, 6.07) is 7.46. The zero-order chi connectivity index (χ0) is 14.8. The maximum Gasteiger partial charge on any atom is 0.305 e. The van der Waals surface area contributed by atoms with Crippen molar-refractivity contribution in [2.24, 2.45) is 0 Å². The van der Waals surface area contributed by atoms with Gasteiger partial charge in [-0.1, -0.05) is 18.2 Å². The van der Waals surface area contributed by atoms with Crippen LogP contribution in [0.2, 0.25) is 0 Å². The Bertz CT molecular complexity index is 495. The van der Waals surface area contributed by atoms with Gasteiger partial charge in [0.25, 0.3) is 0 Å². The molecule has 0 aliphatic carbocycles. The quantitative estimate of drug-likeness (QED) is 0.860. The lowest BCUT2D eigenvalue weighted by Crippen LogP contribution is -2.44. The second kappa shape index (κ2) is 5.44. The number of carbonyl (C=O) groups excluding carboxylic acids is 1. The average molecular weight is 278 g/mol. The Morgan fingerprint density at radius 3 is 2.80 bits per heavy atom. The van der Waals surface area contributed by atoms with E-state index in [0.29, 0.717) is 25.2 Å². The van der Waals surface area contributed by atoms with E-state index >= 15 is 0 Å². The molecule has 1 unspecified atom stereocenters. The number of fused-ring (bicyclic) bond motifs is 1. The van der Waals surface area contributed by atoms with Crippen molar-refractivity contribution < 1.29 is 19.4 Å². The number of para-hydroxylation sites is 1. The fourth-order valence-corrected chi connectivity index (χ4v) is 2.84. The van der Waals surface area contributed by atoms with Crippen LogP contribution in [0.3, 0.4) is 0 Å². The molecule has 2 rings (SSSR count). The molecule has 1 aromatic carbocycles. The highest BCUT2D eigenvalue weighted by Gasteiger charge is 2.43. The molecule has 0 radical (unpaired) electrons. The highest BCUT2D eigenvalue weighted by atomic mass is 16.5. The molecule has 0 spiro atoms. The third-order valence-electron chi connectivity index (χ3n) is 3.54. The van der Waals surface area contributed by atoms with Gasteiger partial charge in [-0.3, -0.25) is 4.79 Å². The van der Waals surface area contributed by atoms with Crippen LogP contribution in [0.15, 0.2) is 24.3 Å². The molecule has 4 heteroatoms. The van der Waals surface area contributed by atoms with Gasteiger partial charge in [0, 0.05) is 18.4 Å². The number of hydrogen-bond acceptors (Lipinski definition) is 4. The summed E-state index contributed by atoms with van der Waals surface area (Å²) >= 11 is 0. The molecule has 0 aromatic heterocycles. The second-order valence-corrected chi connectivity index (χ2v) is 5.87. The first-order valence-corrected chi connectivity index (χ1v) is 7.03. The third kappa shape index (κ3) is 3.12. The molecule has 110 valence electrons. The zero-order valence-electron chi connectivity index (χ0n) is 12.3. The van der Waals surface area contributed by atoms with Gasteiger partial charge >= 0.3 is 5.97 Å². The fourth-order valence-electron chi connectivity index (χ4n) is 2.84. The van der Waals surface area contributed by atoms with E-state index in [0.717, 1.165) is 5.56 Å². The average Bonchev–Trinajstić information content (AvgIpc) is 2.35. The number of aliphatic hydroxyl groups is 1. The lowest BCUT2D eigenvalue weighted by atomic mass is 9.78. The first-order chi connectivity index (χ1) is 9.36. The minimum atomic E-state index is -1.05. The summed E-state index contributed by atoms with van der Waals surface area (Å²) in [5.74, 6) is 0.415. The largest absolute Gasteiger partial charge is 0.487 e. The summed E-state index contributed by atoms with van der Waals surface area (Å²) in [5.41, 5.74) is -0.758. The van der Waals surface area contributed by atoms with Crippen LogP contribution in [-0.4, -0.2) is 23.3 Å². The van der Waals surface area contributed by atoms with Crippen molar-refractivity contribution in [2.75, 3.05) is 6.61 Å². The Morgan fingerprint density at radius 1 is 1.40 bits per heavy atom. The van der Waals surface area contributed by atoms with Gasteiger partial charge in [-0.2, -0.15) is 0 Å². The first-order valence-electron chi connectivity index (χ1n) is 7.03. The highest BCUT2D eigenvalue weighted by Crippen LogP contribution is 2.45. The van der Waals surface area contributed by atoms with Crippen LogP contribution in [0, 0.1) is 0 Å². The Hall–Kier alpha value is -1.55. The molecule has 0 saturated heterocycles. The molecule has 0 bridgehead atoms. The van der Waals surface area contributed by atoms with Crippen molar-refractivity contribution in [3.8, 4) is 5.75 Å². The van der Waals surface area contributed by atoms with Gasteiger partial charge in [-0.15, -0.1) is 0 Å². The maximum absolute atomic E-state index is 11.5. The molecule has 20 heavy (non-hydrogen) atoms. The summed E-state index contributed by atoms with van der Waals surface area (Å²) in [4.78, 5) is 11.5. The number of hydrogen-bond donors (Lipinski definition) is 1. The molecule has 1 aliphatic rings. The fraction of sp³-hybridized carbons (Fsp3) is 0.562. The topological polar surface area (TPSA) is 55.8 Å². The molecule has 0 saturated carbocycles. The van der Waals surface area contributed by atoms with E-state index in [9.17, 15) is 9.90 Å². The number of ether oxygens (including phenoxy) is 2. The molecular formula is C16H22O4. The van der Waals surface area contributed by atoms with Crippen LogP contribution in [0.4, 0.5) is 0 Å². The van der Waals surface area contributed by atoms with E-state index in [2.05, 4.69) is 0 Å². The van der Waals surface area contributed by atoms with Crippen molar-refractivity contribution in [2.45, 2.75) is 51.2 Å². The maximum atomic E-state index is 11.5. The molecule has 1 aromatic rings. The van der Waals surface area contributed by atoms with Crippen molar-refractivity contribution >= 4 is 5.97 Å². The van der Waals surface area contributed by atoms with E-state index < -0.39 is 11.2 Å². The van der Waals surface area contributed by atoms with Crippen molar-refractivity contribution in [1.82, 2.24) is 0 Å². The molecule has 1 N–H and O–H groups in total. The van der Waals surface area contributed by atoms with Gasteiger partial charge in [-0.25, -0.2) is 0 Å². The van der Waals surface area contributed by atoms with Crippen molar-refractivity contribution in [3.05, 3.63) is 29.8 Å². The smallest absolute Gasteiger partial charge is 0.305 e. The number of rotatable bonds is 4. The van der Waals surface area contributed by atoms with Gasteiger partial charge in [0.1, 0.15) is 11.4 Å². The molecule has 1 atom stereocenters. The summed E-state index contributed by atoms with van der Waals surface area (Å²) < 4.78 is 10.8. The highest BCUT2D eigenvalue weighted by molar-refractivity contribution is 5.69. The molecule has 4 nitrogen and oxygen atoms in total. The molecule has 0 amide bonds. The van der Waals surface area contributed by atoms with Gasteiger partial charge in [0.15, 0.2) is 0 Å². The SMILES string of the molecule is CCOC(=O)CCC1(O)CC(C)(C)Oc2ccccc21. The van der Waals surface area contributed by atoms with Crippen LogP contribution < -0.4 is 4.74 Å². The lowest BCUT2D eigenvalue weighted by molar-refractivity contribution is -0.146. The van der Waals surface area contributed by atoms with Crippen LogP contribution in [0.5, 0.6) is 5.75 Å². The molecule has 0 fully saturated rings. The Labute approximate surface area is 119 Å². The lowest BCUT2D eigenvalue weighted by Gasteiger charge is -2.43. The minimum absolute atomic E-state index is 0.203. The van der Waals surface area contributed by atoms with E-state index in [1.807, 2.05) is 38.1 Å². The van der Waals surface area contributed by atoms with E-state index in [4.69, 9.17) is 9.47 Å². The number of carbonyl (C=O) groups is 1. The van der Waals surface area contributed by atoms with Crippen molar-refractivity contribution in [3.63, 3.8) is 0 Å². The Kier molecular flexibility index (Phi) is 4.04. The summed E-state index contributed by atoms with van der Waals surface area (Å²) in [6.45, 7) is 6.03. The van der Waals surface area contributed by atoms with Crippen LogP contribution >= 0.6 is 0 Å². The standard InChI is InChI=1S/C16H22O4/c1-4-19-14(17)9-10-16(18)11-15(2,3)20-13-8-6-5-7-12(13)16/h5-8,18H,4,9-11H2,1-3H3. The number of esters is 1. The van der Waals surface area contributed by atoms with E-state index in [-0.39, 0.29) is 12.4 Å². The summed E-state index contributed by atoms with van der Waals surface area (Å²) in [7, 11) is 0. The minimum Gasteiger partial charge on any atom is -0.487 e. The first kappa shape index (κ1) is 14.9. The molecular weight excluding hydrogens is 256 g/mol. The van der Waals surface area contributed by atoms with Gasteiger partial charge < -0.3 is 14.6 Å². The van der Waals surface area contributed by atoms with Crippen LogP contribution in [-0.2, 0) is 15.1 Å². The normalized spacial score (nSPS) is 23.6. The van der Waals surface area contributed by atoms with E-state index in [1.165, 1.54) is 0 Å². The predicted octanol–water partition coefficient (Wildman–Crippen LogP) is 2.78. The molecule has 1 heterocycles. The predicted molar refractivity (Wildman–Crippen MR) is 75.5 cm³/mol. The number of benzene rings is 1. The zero-order valence-corrected chi connectivity index (χ0v) is 12.3. The second-order valence-electron chi connectivity index (χ2n) is 5.87. The Morgan fingerprint density at radius 2 is 2.10 bits per heavy atom. The molecule has 1 aliphatic heterocycles. The van der Waals surface area contributed by atoms with Crippen LogP contribution in [0.25, 0.3) is 0 Å². The van der Waals surface area contributed by atoms with E-state index in [1.54, 1.807) is 6.92 Å². The monoisotopic (exact) mass is 278 g/mol. The summed E-state index contributed by atoms with van der Waals surface area (Å²) in [5, 5.41) is 11.0. The third-order valence-corrected chi connectivity index (χ3v) is 3.54. The van der Waals surface area contributed by atoms with Gasteiger partial charge in [0.2, 0.25) is 0 Å². The summed E-state index contributed by atoms with van der Waals surface area (Å²) in [6.07, 6.45) is 1.00. The van der Waals surface area contributed by atoms with Gasteiger partial charge in [-0.05, 0) is 33.3 Å². The van der Waals surface area contributed by atoms with Gasteiger partial charge in [0.05, 0.1) is 12.2 Å². The van der Waals surface area contributed by atoms with Crippen molar-refractivity contribution in [1.29, 1.82) is 0 Å². The Balaban J connectivity index is 2.22.